The van der Waals surface area contributed by atoms with Gasteiger partial charge in [0.2, 0.25) is 0 Å². The predicted octanol–water partition coefficient (Wildman–Crippen LogP) is 3.08. The Bertz CT molecular complexity index is 171. The van der Waals surface area contributed by atoms with Crippen molar-refractivity contribution in [3.8, 4) is 0 Å². The molecule has 0 atom stereocenters. The number of hydrogen-bond acceptors (Lipinski definition) is 2. The Morgan fingerprint density at radius 1 is 1.31 bits per heavy atom. The fourth-order valence-electron chi connectivity index (χ4n) is 1.24. The molecule has 0 aliphatic rings. The first kappa shape index (κ1) is 12.2. The molecule has 13 heavy (non-hydrogen) atoms. The third-order valence-corrected chi connectivity index (χ3v) is 2.10. The van der Waals surface area contributed by atoms with E-state index in [0.29, 0.717) is 0 Å². The summed E-state index contributed by atoms with van der Waals surface area (Å²) in [6.07, 6.45) is 7.45. The fourth-order valence-corrected chi connectivity index (χ4v) is 1.24. The monoisotopic (exact) mass is 184 g/mol. The lowest BCUT2D eigenvalue weighted by Gasteiger charge is -2.03. The lowest BCUT2D eigenvalue weighted by molar-refractivity contribution is -0.136. The maximum atomic E-state index is 11.1. The third kappa shape index (κ3) is 5.45. The second-order valence-corrected chi connectivity index (χ2v) is 3.12. The average Bonchev–Trinajstić information content (AvgIpc) is 2.17. The van der Waals surface area contributed by atoms with Gasteiger partial charge in [-0.15, -0.1) is 0 Å². The molecule has 0 radical (unpaired) electrons. The molecule has 0 saturated carbocycles. The second kappa shape index (κ2) is 7.84. The molecule has 0 saturated heterocycles. The van der Waals surface area contributed by atoms with Crippen LogP contribution in [0.4, 0.5) is 0 Å². The largest absolute Gasteiger partial charge is 0.466 e. The predicted molar refractivity (Wildman–Crippen MR) is 54.5 cm³/mol. The van der Waals surface area contributed by atoms with Crippen LogP contribution in [0.2, 0.25) is 0 Å². The van der Waals surface area contributed by atoms with Gasteiger partial charge in [-0.3, -0.25) is 0 Å². The molecular weight excluding hydrogens is 164 g/mol. The molecule has 0 aliphatic carbocycles. The minimum atomic E-state index is -0.181. The zero-order valence-corrected chi connectivity index (χ0v) is 8.93. The number of allylic oxidation sites excluding steroid dienone is 1. The highest BCUT2D eigenvalue weighted by Gasteiger charge is 2.06. The van der Waals surface area contributed by atoms with Crippen molar-refractivity contribution in [3.63, 3.8) is 0 Å². The third-order valence-electron chi connectivity index (χ3n) is 2.10. The summed E-state index contributed by atoms with van der Waals surface area (Å²) in [4.78, 5) is 11.1. The van der Waals surface area contributed by atoms with E-state index in [0.717, 1.165) is 18.4 Å². The molecule has 0 bridgehead atoms. The number of carbonyl (C=O) groups excluding carboxylic acids is 1. The Morgan fingerprint density at radius 2 is 2.00 bits per heavy atom. The van der Waals surface area contributed by atoms with E-state index in [2.05, 4.69) is 11.7 Å². The van der Waals surface area contributed by atoms with Gasteiger partial charge in [-0.05, 0) is 19.8 Å². The van der Waals surface area contributed by atoms with Gasteiger partial charge in [0.25, 0.3) is 0 Å². The molecule has 0 rings (SSSR count). The van der Waals surface area contributed by atoms with Crippen LogP contribution in [0.25, 0.3) is 0 Å². The molecule has 0 aromatic rings. The second-order valence-electron chi connectivity index (χ2n) is 3.12. The molecule has 0 aromatic heterocycles. The first-order valence-electron chi connectivity index (χ1n) is 4.99. The molecule has 0 aliphatic heterocycles. The Hall–Kier alpha value is -0.790. The molecule has 0 unspecified atom stereocenters. The quantitative estimate of drug-likeness (QED) is 0.360. The van der Waals surface area contributed by atoms with Crippen LogP contribution in [-0.2, 0) is 9.53 Å². The summed E-state index contributed by atoms with van der Waals surface area (Å²) in [6.45, 7) is 4.06. The van der Waals surface area contributed by atoms with E-state index < -0.39 is 0 Å². The number of methoxy groups -OCH3 is 1. The number of esters is 1. The van der Waals surface area contributed by atoms with E-state index in [-0.39, 0.29) is 5.97 Å². The summed E-state index contributed by atoms with van der Waals surface area (Å²) in [5.41, 5.74) is 0.804. The highest BCUT2D eigenvalue weighted by atomic mass is 16.5. The first-order valence-corrected chi connectivity index (χ1v) is 4.99. The molecule has 2 nitrogen and oxygen atoms in total. The summed E-state index contributed by atoms with van der Waals surface area (Å²) in [5, 5.41) is 0. The number of ether oxygens (including phenoxy) is 1. The van der Waals surface area contributed by atoms with Gasteiger partial charge >= 0.3 is 5.97 Å². The van der Waals surface area contributed by atoms with Crippen LogP contribution in [0.1, 0.15) is 46.0 Å². The molecule has 0 spiro atoms. The molecule has 0 amide bonds. The van der Waals surface area contributed by atoms with Gasteiger partial charge in [0.05, 0.1) is 7.11 Å². The molecule has 0 fully saturated rings. The average molecular weight is 184 g/mol. The Balaban J connectivity index is 3.68. The van der Waals surface area contributed by atoms with Gasteiger partial charge < -0.3 is 4.74 Å². The normalized spacial score (nSPS) is 11.5. The molecule has 0 N–H and O–H groups in total. The minimum Gasteiger partial charge on any atom is -0.466 e. The lowest BCUT2D eigenvalue weighted by Crippen LogP contribution is -2.04. The highest BCUT2D eigenvalue weighted by molar-refractivity contribution is 5.88. The summed E-state index contributed by atoms with van der Waals surface area (Å²) in [6, 6.07) is 0. The zero-order chi connectivity index (χ0) is 10.1. The van der Waals surface area contributed by atoms with Crippen molar-refractivity contribution in [1.29, 1.82) is 0 Å². The molecule has 0 aromatic carbocycles. The van der Waals surface area contributed by atoms with E-state index in [1.165, 1.54) is 26.4 Å². The number of hydrogen-bond donors (Lipinski definition) is 0. The summed E-state index contributed by atoms with van der Waals surface area (Å²) < 4.78 is 4.65. The van der Waals surface area contributed by atoms with Crippen LogP contribution in [0.15, 0.2) is 11.6 Å². The van der Waals surface area contributed by atoms with Crippen molar-refractivity contribution in [3.05, 3.63) is 11.6 Å². The smallest absolute Gasteiger partial charge is 0.333 e. The Morgan fingerprint density at radius 3 is 2.46 bits per heavy atom. The van der Waals surface area contributed by atoms with E-state index in [1.807, 2.05) is 13.0 Å². The summed E-state index contributed by atoms with van der Waals surface area (Å²) in [5.74, 6) is -0.181. The van der Waals surface area contributed by atoms with Crippen molar-refractivity contribution in [2.24, 2.45) is 0 Å². The van der Waals surface area contributed by atoms with Crippen LogP contribution >= 0.6 is 0 Å². The SMILES string of the molecule is C/C=C(\CCCCCC)C(=O)OC. The van der Waals surface area contributed by atoms with Gasteiger partial charge in [-0.2, -0.15) is 0 Å². The van der Waals surface area contributed by atoms with Crippen molar-refractivity contribution < 1.29 is 9.53 Å². The van der Waals surface area contributed by atoms with Crippen LogP contribution in [0.3, 0.4) is 0 Å². The van der Waals surface area contributed by atoms with Crippen molar-refractivity contribution in [2.75, 3.05) is 7.11 Å². The van der Waals surface area contributed by atoms with E-state index in [9.17, 15) is 4.79 Å². The van der Waals surface area contributed by atoms with E-state index >= 15 is 0 Å². The minimum absolute atomic E-state index is 0.181. The molecular formula is C11H20O2. The number of rotatable bonds is 6. The maximum absolute atomic E-state index is 11.1. The van der Waals surface area contributed by atoms with Crippen molar-refractivity contribution in [2.45, 2.75) is 46.0 Å². The molecule has 0 heterocycles. The zero-order valence-electron chi connectivity index (χ0n) is 8.93. The Kier molecular flexibility index (Phi) is 7.36. The van der Waals surface area contributed by atoms with E-state index in [1.54, 1.807) is 0 Å². The highest BCUT2D eigenvalue weighted by Crippen LogP contribution is 2.11. The number of carbonyl (C=O) groups is 1. The van der Waals surface area contributed by atoms with Crippen molar-refractivity contribution >= 4 is 5.97 Å². The van der Waals surface area contributed by atoms with Gasteiger partial charge in [0.15, 0.2) is 0 Å². The fraction of sp³-hybridized carbons (Fsp3) is 0.727. The topological polar surface area (TPSA) is 26.3 Å². The van der Waals surface area contributed by atoms with Crippen molar-refractivity contribution in [1.82, 2.24) is 0 Å². The van der Waals surface area contributed by atoms with Crippen LogP contribution < -0.4 is 0 Å². The van der Waals surface area contributed by atoms with E-state index in [4.69, 9.17) is 0 Å². The van der Waals surface area contributed by atoms with Gasteiger partial charge in [-0.25, -0.2) is 4.79 Å². The van der Waals surface area contributed by atoms with Crippen LogP contribution in [0.5, 0.6) is 0 Å². The summed E-state index contributed by atoms with van der Waals surface area (Å²) >= 11 is 0. The van der Waals surface area contributed by atoms with Gasteiger partial charge in [0, 0.05) is 5.57 Å². The van der Waals surface area contributed by atoms with Crippen LogP contribution in [0, 0.1) is 0 Å². The first-order chi connectivity index (χ1) is 6.26. The summed E-state index contributed by atoms with van der Waals surface area (Å²) in [7, 11) is 1.43. The van der Waals surface area contributed by atoms with Gasteiger partial charge in [-0.1, -0.05) is 32.3 Å². The Labute approximate surface area is 81.0 Å². The van der Waals surface area contributed by atoms with Gasteiger partial charge in [0.1, 0.15) is 0 Å². The molecule has 76 valence electrons. The maximum Gasteiger partial charge on any atom is 0.333 e. The van der Waals surface area contributed by atoms with Crippen LogP contribution in [-0.4, -0.2) is 13.1 Å². The number of unbranched alkanes of at least 4 members (excludes halogenated alkanes) is 3. The molecule has 2 heteroatoms. The standard InChI is InChI=1S/C11H20O2/c1-4-6-7-8-9-10(5-2)11(12)13-3/h5H,4,6-9H2,1-3H3/b10-5+. The lowest BCUT2D eigenvalue weighted by atomic mass is 10.1.